The maximum absolute atomic E-state index is 11.0. The van der Waals surface area contributed by atoms with Crippen molar-refractivity contribution in [3.05, 3.63) is 30.3 Å². The maximum Gasteiger partial charge on any atom is 0.219 e. The molecule has 4 nitrogen and oxygen atoms in total. The minimum Gasteiger partial charge on any atom is -0.376 e. The Hall–Kier alpha value is -1.84. The molecule has 0 aliphatic heterocycles. The zero-order valence-electron chi connectivity index (χ0n) is 9.27. The Balaban J connectivity index is 2.43. The van der Waals surface area contributed by atoms with E-state index in [-0.39, 0.29) is 11.9 Å². The SMILES string of the molecule is CNC(=O)CCC(C=O)Nc1ccccc1. The van der Waals surface area contributed by atoms with Crippen LogP contribution >= 0.6 is 0 Å². The van der Waals surface area contributed by atoms with Crippen LogP contribution in [0.2, 0.25) is 0 Å². The van der Waals surface area contributed by atoms with Gasteiger partial charge in [-0.15, -0.1) is 0 Å². The molecule has 2 N–H and O–H groups in total. The van der Waals surface area contributed by atoms with Gasteiger partial charge in [0.1, 0.15) is 6.29 Å². The number of carbonyl (C=O) groups is 2. The predicted molar refractivity (Wildman–Crippen MR) is 63.2 cm³/mol. The molecule has 0 bridgehead atoms. The molecular weight excluding hydrogens is 204 g/mol. The number of hydrogen-bond acceptors (Lipinski definition) is 3. The molecule has 0 aliphatic carbocycles. The summed E-state index contributed by atoms with van der Waals surface area (Å²) in [5.41, 5.74) is 0.886. The van der Waals surface area contributed by atoms with Gasteiger partial charge < -0.3 is 15.4 Å². The van der Waals surface area contributed by atoms with E-state index in [1.165, 1.54) is 0 Å². The summed E-state index contributed by atoms with van der Waals surface area (Å²) in [7, 11) is 1.59. The Morgan fingerprint density at radius 1 is 1.38 bits per heavy atom. The van der Waals surface area contributed by atoms with Gasteiger partial charge in [-0.25, -0.2) is 0 Å². The van der Waals surface area contributed by atoms with Gasteiger partial charge in [0.25, 0.3) is 0 Å². The third-order valence-corrected chi connectivity index (χ3v) is 2.25. The van der Waals surface area contributed by atoms with E-state index >= 15 is 0 Å². The monoisotopic (exact) mass is 220 g/mol. The van der Waals surface area contributed by atoms with E-state index in [2.05, 4.69) is 10.6 Å². The maximum atomic E-state index is 11.0. The number of hydrogen-bond donors (Lipinski definition) is 2. The van der Waals surface area contributed by atoms with Crippen molar-refractivity contribution in [2.75, 3.05) is 12.4 Å². The average molecular weight is 220 g/mol. The normalized spacial score (nSPS) is 11.6. The van der Waals surface area contributed by atoms with E-state index in [1.54, 1.807) is 7.05 Å². The van der Waals surface area contributed by atoms with Gasteiger partial charge in [-0.1, -0.05) is 18.2 Å². The van der Waals surface area contributed by atoms with E-state index in [4.69, 9.17) is 0 Å². The van der Waals surface area contributed by atoms with Crippen LogP contribution in [0.3, 0.4) is 0 Å². The fourth-order valence-corrected chi connectivity index (χ4v) is 1.33. The molecule has 0 radical (unpaired) electrons. The zero-order valence-corrected chi connectivity index (χ0v) is 9.27. The summed E-state index contributed by atoms with van der Waals surface area (Å²) in [6.07, 6.45) is 1.67. The van der Waals surface area contributed by atoms with Gasteiger partial charge in [0.15, 0.2) is 0 Å². The highest BCUT2D eigenvalue weighted by molar-refractivity contribution is 5.76. The lowest BCUT2D eigenvalue weighted by atomic mass is 10.1. The Kier molecular flexibility index (Phi) is 5.05. The summed E-state index contributed by atoms with van der Waals surface area (Å²) in [5, 5.41) is 5.59. The molecule has 0 aliphatic rings. The molecule has 0 heterocycles. The fourth-order valence-electron chi connectivity index (χ4n) is 1.33. The number of rotatable bonds is 6. The highest BCUT2D eigenvalue weighted by atomic mass is 16.1. The Morgan fingerprint density at radius 2 is 2.06 bits per heavy atom. The molecule has 1 aromatic rings. The molecule has 0 aromatic heterocycles. The molecular formula is C12H16N2O2. The number of aldehydes is 1. The first-order valence-corrected chi connectivity index (χ1v) is 5.23. The molecule has 0 saturated carbocycles. The summed E-state index contributed by atoms with van der Waals surface area (Å²) >= 11 is 0. The standard InChI is InChI=1S/C12H16N2O2/c1-13-12(16)8-7-11(9-15)14-10-5-3-2-4-6-10/h2-6,9,11,14H,7-8H2,1H3,(H,13,16). The lowest BCUT2D eigenvalue weighted by Gasteiger charge is -2.13. The summed E-state index contributed by atoms with van der Waals surface area (Å²) in [6.45, 7) is 0. The van der Waals surface area contributed by atoms with Crippen LogP contribution in [0.5, 0.6) is 0 Å². The molecule has 86 valence electrons. The Morgan fingerprint density at radius 3 is 2.62 bits per heavy atom. The second kappa shape index (κ2) is 6.61. The fraction of sp³-hybridized carbons (Fsp3) is 0.333. The number of para-hydroxylation sites is 1. The predicted octanol–water partition coefficient (Wildman–Crippen LogP) is 1.19. The topological polar surface area (TPSA) is 58.2 Å². The van der Waals surface area contributed by atoms with Crippen LogP contribution in [0.4, 0.5) is 5.69 Å². The van der Waals surface area contributed by atoms with Crippen molar-refractivity contribution in [1.29, 1.82) is 0 Å². The van der Waals surface area contributed by atoms with Gasteiger partial charge in [0, 0.05) is 19.2 Å². The third-order valence-electron chi connectivity index (χ3n) is 2.25. The van der Waals surface area contributed by atoms with Crippen molar-refractivity contribution in [2.45, 2.75) is 18.9 Å². The van der Waals surface area contributed by atoms with Gasteiger partial charge in [-0.2, -0.15) is 0 Å². The summed E-state index contributed by atoms with van der Waals surface area (Å²) in [4.78, 5) is 21.8. The average Bonchev–Trinajstić information content (AvgIpc) is 2.35. The second-order valence-electron chi connectivity index (χ2n) is 3.46. The van der Waals surface area contributed by atoms with E-state index in [0.717, 1.165) is 12.0 Å². The van der Waals surface area contributed by atoms with Gasteiger partial charge in [0.2, 0.25) is 5.91 Å². The Bertz CT molecular complexity index is 338. The first kappa shape index (κ1) is 12.2. The molecule has 1 rings (SSSR count). The van der Waals surface area contributed by atoms with E-state index < -0.39 is 0 Å². The van der Waals surface area contributed by atoms with Crippen molar-refractivity contribution in [1.82, 2.24) is 5.32 Å². The Labute approximate surface area is 95.0 Å². The number of amides is 1. The van der Waals surface area contributed by atoms with Gasteiger partial charge in [-0.05, 0) is 18.6 Å². The second-order valence-corrected chi connectivity index (χ2v) is 3.46. The number of anilines is 1. The van der Waals surface area contributed by atoms with E-state index in [0.29, 0.717) is 12.8 Å². The van der Waals surface area contributed by atoms with Crippen LogP contribution in [0, 0.1) is 0 Å². The van der Waals surface area contributed by atoms with Crippen LogP contribution in [-0.4, -0.2) is 25.3 Å². The third kappa shape index (κ3) is 4.13. The molecule has 1 amide bonds. The molecule has 16 heavy (non-hydrogen) atoms. The van der Waals surface area contributed by atoms with Crippen molar-refractivity contribution >= 4 is 17.9 Å². The molecule has 1 unspecified atom stereocenters. The van der Waals surface area contributed by atoms with Crippen LogP contribution in [0.1, 0.15) is 12.8 Å². The largest absolute Gasteiger partial charge is 0.376 e. The van der Waals surface area contributed by atoms with Crippen LogP contribution in [0.15, 0.2) is 30.3 Å². The smallest absolute Gasteiger partial charge is 0.219 e. The number of carbonyl (C=O) groups excluding carboxylic acids is 2. The molecule has 4 heteroatoms. The van der Waals surface area contributed by atoms with Crippen LogP contribution < -0.4 is 10.6 Å². The molecule has 1 atom stereocenters. The molecule has 0 saturated heterocycles. The van der Waals surface area contributed by atoms with E-state index in [9.17, 15) is 9.59 Å². The first-order chi connectivity index (χ1) is 7.76. The van der Waals surface area contributed by atoms with Crippen molar-refractivity contribution in [3.63, 3.8) is 0 Å². The van der Waals surface area contributed by atoms with Crippen LogP contribution in [0.25, 0.3) is 0 Å². The highest BCUT2D eigenvalue weighted by Gasteiger charge is 2.08. The molecule has 0 spiro atoms. The summed E-state index contributed by atoms with van der Waals surface area (Å²) in [6, 6.07) is 9.14. The van der Waals surface area contributed by atoms with Crippen molar-refractivity contribution in [3.8, 4) is 0 Å². The number of nitrogens with one attached hydrogen (secondary N) is 2. The molecule has 1 aromatic carbocycles. The minimum atomic E-state index is -0.320. The van der Waals surface area contributed by atoms with Crippen LogP contribution in [-0.2, 0) is 9.59 Å². The van der Waals surface area contributed by atoms with E-state index in [1.807, 2.05) is 30.3 Å². The van der Waals surface area contributed by atoms with Gasteiger partial charge >= 0.3 is 0 Å². The lowest BCUT2D eigenvalue weighted by Crippen LogP contribution is -2.25. The van der Waals surface area contributed by atoms with Gasteiger partial charge in [0.05, 0.1) is 6.04 Å². The minimum absolute atomic E-state index is 0.0540. The van der Waals surface area contributed by atoms with Crippen molar-refractivity contribution < 1.29 is 9.59 Å². The quantitative estimate of drug-likeness (QED) is 0.708. The first-order valence-electron chi connectivity index (χ1n) is 5.23. The van der Waals surface area contributed by atoms with Gasteiger partial charge in [-0.3, -0.25) is 4.79 Å². The van der Waals surface area contributed by atoms with Crippen molar-refractivity contribution in [2.24, 2.45) is 0 Å². The summed E-state index contributed by atoms with van der Waals surface area (Å²) in [5.74, 6) is -0.0540. The summed E-state index contributed by atoms with van der Waals surface area (Å²) < 4.78 is 0. The lowest BCUT2D eigenvalue weighted by molar-refractivity contribution is -0.120. The highest BCUT2D eigenvalue weighted by Crippen LogP contribution is 2.08. The zero-order chi connectivity index (χ0) is 11.8. The molecule has 0 fully saturated rings. The number of benzene rings is 1.